The molecule has 3 nitrogen and oxygen atoms in total. The third-order valence-corrected chi connectivity index (χ3v) is 2.22. The Morgan fingerprint density at radius 1 is 1.33 bits per heavy atom. The maximum Gasteiger partial charge on any atom is 0.127 e. The van der Waals surface area contributed by atoms with Crippen LogP contribution in [0, 0.1) is 5.82 Å². The number of hydrogen-bond donors (Lipinski definition) is 1. The Morgan fingerprint density at radius 2 is 2.07 bits per heavy atom. The van der Waals surface area contributed by atoms with Crippen LogP contribution in [0.15, 0.2) is 36.7 Å². The number of halogens is 1. The van der Waals surface area contributed by atoms with E-state index in [4.69, 9.17) is 0 Å². The first-order valence-corrected chi connectivity index (χ1v) is 4.71. The van der Waals surface area contributed by atoms with Crippen LogP contribution in [0.5, 0.6) is 0 Å². The summed E-state index contributed by atoms with van der Waals surface area (Å²) in [4.78, 5) is 4.17. The van der Waals surface area contributed by atoms with Crippen molar-refractivity contribution in [3.8, 4) is 0 Å². The number of hydrogen-bond acceptors (Lipinski definition) is 2. The number of rotatable bonds is 3. The van der Waals surface area contributed by atoms with Crippen molar-refractivity contribution in [3.63, 3.8) is 0 Å². The molecule has 2 aromatic rings. The van der Waals surface area contributed by atoms with Crippen LogP contribution in [0.2, 0.25) is 0 Å². The summed E-state index contributed by atoms with van der Waals surface area (Å²) in [6.07, 6.45) is 3.64. The van der Waals surface area contributed by atoms with Gasteiger partial charge in [0.25, 0.3) is 0 Å². The highest BCUT2D eigenvalue weighted by molar-refractivity contribution is 5.42. The maximum atomic E-state index is 12.6. The minimum atomic E-state index is -0.224. The molecule has 0 bridgehead atoms. The molecular weight excluding hydrogens is 193 g/mol. The number of anilines is 1. The van der Waals surface area contributed by atoms with E-state index in [0.717, 1.165) is 11.5 Å². The second kappa shape index (κ2) is 4.13. The van der Waals surface area contributed by atoms with Crippen molar-refractivity contribution in [3.05, 3.63) is 48.3 Å². The molecule has 0 fully saturated rings. The molecule has 15 heavy (non-hydrogen) atoms. The van der Waals surface area contributed by atoms with Gasteiger partial charge >= 0.3 is 0 Å². The van der Waals surface area contributed by atoms with Crippen LogP contribution in [-0.2, 0) is 13.6 Å². The van der Waals surface area contributed by atoms with E-state index in [0.29, 0.717) is 6.54 Å². The van der Waals surface area contributed by atoms with Gasteiger partial charge in [0.15, 0.2) is 0 Å². The van der Waals surface area contributed by atoms with Crippen LogP contribution in [-0.4, -0.2) is 9.55 Å². The van der Waals surface area contributed by atoms with Crippen molar-refractivity contribution < 1.29 is 4.39 Å². The molecule has 78 valence electrons. The number of nitrogens with one attached hydrogen (secondary N) is 1. The van der Waals surface area contributed by atoms with Gasteiger partial charge in [-0.2, -0.15) is 0 Å². The zero-order valence-electron chi connectivity index (χ0n) is 8.44. The van der Waals surface area contributed by atoms with Gasteiger partial charge < -0.3 is 9.88 Å². The molecule has 1 aromatic carbocycles. The largest absolute Gasteiger partial charge is 0.378 e. The fourth-order valence-corrected chi connectivity index (χ4v) is 1.32. The summed E-state index contributed by atoms with van der Waals surface area (Å²) in [5.41, 5.74) is 0.888. The lowest BCUT2D eigenvalue weighted by molar-refractivity contribution is 0.628. The Morgan fingerprint density at radius 3 is 2.67 bits per heavy atom. The molecule has 0 aliphatic rings. The molecule has 0 amide bonds. The van der Waals surface area contributed by atoms with Crippen LogP contribution in [0.4, 0.5) is 10.1 Å². The van der Waals surface area contributed by atoms with Crippen molar-refractivity contribution in [1.29, 1.82) is 0 Å². The van der Waals surface area contributed by atoms with Gasteiger partial charge in [0, 0.05) is 25.1 Å². The van der Waals surface area contributed by atoms with Gasteiger partial charge in [0.05, 0.1) is 6.54 Å². The van der Waals surface area contributed by atoms with Gasteiger partial charge in [-0.15, -0.1) is 0 Å². The first-order chi connectivity index (χ1) is 7.25. The summed E-state index contributed by atoms with van der Waals surface area (Å²) >= 11 is 0. The molecule has 1 heterocycles. The van der Waals surface area contributed by atoms with Crippen LogP contribution in [0.25, 0.3) is 0 Å². The molecule has 0 radical (unpaired) electrons. The molecule has 1 aromatic heterocycles. The van der Waals surface area contributed by atoms with E-state index in [1.807, 2.05) is 17.8 Å². The molecule has 0 atom stereocenters. The first-order valence-electron chi connectivity index (χ1n) is 4.71. The Balaban J connectivity index is 1.99. The molecule has 0 aliphatic heterocycles. The van der Waals surface area contributed by atoms with Crippen molar-refractivity contribution in [1.82, 2.24) is 9.55 Å². The highest BCUT2D eigenvalue weighted by atomic mass is 19.1. The predicted octanol–water partition coefficient (Wildman–Crippen LogP) is 2.17. The normalized spacial score (nSPS) is 10.3. The van der Waals surface area contributed by atoms with Crippen LogP contribution >= 0.6 is 0 Å². The number of nitrogens with zero attached hydrogens (tertiary/aromatic N) is 2. The monoisotopic (exact) mass is 205 g/mol. The van der Waals surface area contributed by atoms with Crippen molar-refractivity contribution in [2.45, 2.75) is 6.54 Å². The number of aromatic nitrogens is 2. The Bertz CT molecular complexity index is 433. The lowest BCUT2D eigenvalue weighted by Gasteiger charge is -2.05. The minimum Gasteiger partial charge on any atom is -0.378 e. The van der Waals surface area contributed by atoms with Gasteiger partial charge in [-0.25, -0.2) is 9.37 Å². The second-order valence-corrected chi connectivity index (χ2v) is 3.31. The van der Waals surface area contributed by atoms with Crippen LogP contribution in [0.3, 0.4) is 0 Å². The van der Waals surface area contributed by atoms with Gasteiger partial charge in [0.2, 0.25) is 0 Å². The Labute approximate surface area is 87.6 Å². The van der Waals surface area contributed by atoms with Gasteiger partial charge in [0.1, 0.15) is 11.6 Å². The molecule has 0 saturated heterocycles. The lowest BCUT2D eigenvalue weighted by atomic mass is 10.3. The average Bonchev–Trinajstić information content (AvgIpc) is 2.63. The van der Waals surface area contributed by atoms with Crippen molar-refractivity contribution in [2.75, 3.05) is 5.32 Å². The Hall–Kier alpha value is -1.84. The third kappa shape index (κ3) is 2.34. The molecule has 2 rings (SSSR count). The molecule has 0 spiro atoms. The third-order valence-electron chi connectivity index (χ3n) is 2.22. The fourth-order valence-electron chi connectivity index (χ4n) is 1.32. The van der Waals surface area contributed by atoms with Crippen LogP contribution in [0.1, 0.15) is 5.82 Å². The van der Waals surface area contributed by atoms with Crippen molar-refractivity contribution >= 4 is 5.69 Å². The molecule has 0 aliphatic carbocycles. The van der Waals surface area contributed by atoms with Gasteiger partial charge in [-0.1, -0.05) is 0 Å². The van der Waals surface area contributed by atoms with Gasteiger partial charge in [-0.05, 0) is 24.3 Å². The zero-order valence-corrected chi connectivity index (χ0v) is 8.44. The molecule has 4 heteroatoms. The SMILES string of the molecule is Cn1ccnc1CNc1ccc(F)cc1. The highest BCUT2D eigenvalue weighted by Crippen LogP contribution is 2.09. The number of aryl methyl sites for hydroxylation is 1. The molecule has 0 unspecified atom stereocenters. The van der Waals surface area contributed by atoms with E-state index in [-0.39, 0.29) is 5.82 Å². The fraction of sp³-hybridized carbons (Fsp3) is 0.182. The quantitative estimate of drug-likeness (QED) is 0.832. The molecular formula is C11H12FN3. The van der Waals surface area contributed by atoms with E-state index in [1.165, 1.54) is 12.1 Å². The highest BCUT2D eigenvalue weighted by Gasteiger charge is 1.98. The summed E-state index contributed by atoms with van der Waals surface area (Å²) in [6, 6.07) is 6.28. The standard InChI is InChI=1S/C11H12FN3/c1-15-7-6-13-11(15)8-14-10-4-2-9(12)3-5-10/h2-7,14H,8H2,1H3. The summed E-state index contributed by atoms with van der Waals surface area (Å²) in [6.45, 7) is 0.634. The van der Waals surface area contributed by atoms with E-state index in [9.17, 15) is 4.39 Å². The first kappa shape index (κ1) is 9.71. The summed E-state index contributed by atoms with van der Waals surface area (Å²) < 4.78 is 14.6. The molecule has 0 saturated carbocycles. The Kier molecular flexibility index (Phi) is 2.67. The minimum absolute atomic E-state index is 0.224. The van der Waals surface area contributed by atoms with Gasteiger partial charge in [-0.3, -0.25) is 0 Å². The van der Waals surface area contributed by atoms with E-state index < -0.39 is 0 Å². The van der Waals surface area contributed by atoms with E-state index in [1.54, 1.807) is 18.3 Å². The lowest BCUT2D eigenvalue weighted by Crippen LogP contribution is -2.05. The number of benzene rings is 1. The number of imidazole rings is 1. The van der Waals surface area contributed by atoms with E-state index in [2.05, 4.69) is 10.3 Å². The summed E-state index contributed by atoms with van der Waals surface area (Å²) in [5.74, 6) is 0.719. The maximum absolute atomic E-state index is 12.6. The van der Waals surface area contributed by atoms with Crippen molar-refractivity contribution in [2.24, 2.45) is 7.05 Å². The predicted molar refractivity (Wildman–Crippen MR) is 56.9 cm³/mol. The topological polar surface area (TPSA) is 29.9 Å². The zero-order chi connectivity index (χ0) is 10.7. The van der Waals surface area contributed by atoms with Crippen LogP contribution < -0.4 is 5.32 Å². The average molecular weight is 205 g/mol. The van der Waals surface area contributed by atoms with E-state index >= 15 is 0 Å². The summed E-state index contributed by atoms with van der Waals surface area (Å²) in [7, 11) is 1.94. The molecule has 1 N–H and O–H groups in total. The summed E-state index contributed by atoms with van der Waals surface area (Å²) in [5, 5.41) is 3.17. The second-order valence-electron chi connectivity index (χ2n) is 3.31. The smallest absolute Gasteiger partial charge is 0.127 e.